The van der Waals surface area contributed by atoms with Crippen LogP contribution in [-0.2, 0) is 0 Å². The second-order valence-electron chi connectivity index (χ2n) is 13.2. The molecule has 2 atom stereocenters. The van der Waals surface area contributed by atoms with Gasteiger partial charge in [0.05, 0.1) is 45.9 Å². The third-order valence-corrected chi connectivity index (χ3v) is 10.1. The molecule has 0 spiro atoms. The van der Waals surface area contributed by atoms with Crippen molar-refractivity contribution in [1.29, 1.82) is 0 Å². The third-order valence-electron chi connectivity index (χ3n) is 10.1. The van der Waals surface area contributed by atoms with Gasteiger partial charge in [0.1, 0.15) is 0 Å². The summed E-state index contributed by atoms with van der Waals surface area (Å²) in [6.07, 6.45) is 8.96. The first-order valence-corrected chi connectivity index (χ1v) is 17.1. The van der Waals surface area contributed by atoms with Crippen molar-refractivity contribution < 1.29 is 0 Å². The quantitative estimate of drug-likeness (QED) is 0.201. The van der Waals surface area contributed by atoms with Gasteiger partial charge < -0.3 is 10.6 Å². The maximum absolute atomic E-state index is 5.14. The van der Waals surface area contributed by atoms with E-state index >= 15 is 0 Å². The van der Waals surface area contributed by atoms with Crippen molar-refractivity contribution in [2.45, 2.75) is 12.1 Å². The first kappa shape index (κ1) is 28.5. The smallest absolute Gasteiger partial charge is 0.0947 e. The molecule has 8 aromatic rings. The van der Waals surface area contributed by atoms with Gasteiger partial charge in [-0.1, -0.05) is 146 Å². The first-order chi connectivity index (χ1) is 24.7. The molecule has 0 radical (unpaired) electrons. The Balaban J connectivity index is 0.972. The van der Waals surface area contributed by atoms with Crippen LogP contribution in [0.3, 0.4) is 0 Å². The second-order valence-corrected chi connectivity index (χ2v) is 13.2. The highest BCUT2D eigenvalue weighted by molar-refractivity contribution is 5.99. The average Bonchev–Trinajstić information content (AvgIpc) is 3.20. The lowest BCUT2D eigenvalue weighted by Gasteiger charge is -2.25. The van der Waals surface area contributed by atoms with Crippen LogP contribution in [0.25, 0.3) is 67.2 Å². The highest BCUT2D eigenvalue weighted by Crippen LogP contribution is 2.39. The van der Waals surface area contributed by atoms with E-state index in [0.717, 1.165) is 66.8 Å². The van der Waals surface area contributed by atoms with Gasteiger partial charge in [0.15, 0.2) is 0 Å². The molecule has 4 nitrogen and oxygen atoms in total. The summed E-state index contributed by atoms with van der Waals surface area (Å²) in [6.45, 7) is 0. The number of benzene rings is 6. The van der Waals surface area contributed by atoms with E-state index in [1.165, 1.54) is 21.9 Å². The lowest BCUT2D eigenvalue weighted by molar-refractivity contribution is 0.978. The number of hydrogen-bond acceptors (Lipinski definition) is 4. The molecule has 2 aliphatic heterocycles. The SMILES string of the molecule is C1=CC(c2ccc3ccc(C4C=Cc5ccc6ccc(-c7ccccc7)nc6c5N4)cc3c2)Nc2c1ccc1ccc(-c3ccccc3)nc21. The maximum atomic E-state index is 5.14. The van der Waals surface area contributed by atoms with Gasteiger partial charge in [0.25, 0.3) is 0 Å². The number of nitrogens with zero attached hydrogens (tertiary/aromatic N) is 2. The Morgan fingerprint density at radius 2 is 0.840 bits per heavy atom. The van der Waals surface area contributed by atoms with E-state index in [0.29, 0.717) is 0 Å². The van der Waals surface area contributed by atoms with Crippen molar-refractivity contribution in [3.05, 3.63) is 180 Å². The minimum absolute atomic E-state index is 0.0270. The number of pyridine rings is 2. The van der Waals surface area contributed by atoms with Crippen LogP contribution in [0.15, 0.2) is 158 Å². The Morgan fingerprint density at radius 3 is 1.32 bits per heavy atom. The fraction of sp³-hybridized carbons (Fsp3) is 0.0435. The molecular formula is C46H32N4. The highest BCUT2D eigenvalue weighted by Gasteiger charge is 2.21. The lowest BCUT2D eigenvalue weighted by atomic mass is 9.93. The van der Waals surface area contributed by atoms with Gasteiger partial charge in [-0.3, -0.25) is 0 Å². The van der Waals surface area contributed by atoms with Crippen molar-refractivity contribution in [1.82, 2.24) is 9.97 Å². The third kappa shape index (κ3) is 4.92. The second kappa shape index (κ2) is 11.6. The van der Waals surface area contributed by atoms with E-state index in [1.54, 1.807) is 0 Å². The Labute approximate surface area is 290 Å². The molecule has 2 unspecified atom stereocenters. The van der Waals surface area contributed by atoms with Crippen molar-refractivity contribution in [2.75, 3.05) is 10.6 Å². The van der Waals surface area contributed by atoms with E-state index in [-0.39, 0.29) is 12.1 Å². The van der Waals surface area contributed by atoms with Gasteiger partial charge in [0, 0.05) is 21.9 Å². The fourth-order valence-corrected chi connectivity index (χ4v) is 7.40. The summed E-state index contributed by atoms with van der Waals surface area (Å²) in [7, 11) is 0. The van der Waals surface area contributed by atoms with Crippen LogP contribution >= 0.6 is 0 Å². The minimum atomic E-state index is 0.0270. The average molecular weight is 641 g/mol. The van der Waals surface area contributed by atoms with Gasteiger partial charge in [-0.15, -0.1) is 0 Å². The summed E-state index contributed by atoms with van der Waals surface area (Å²) in [5.41, 5.74) is 13.1. The summed E-state index contributed by atoms with van der Waals surface area (Å²) in [5, 5.41) is 12.4. The zero-order chi connectivity index (χ0) is 33.0. The molecule has 236 valence electrons. The summed E-state index contributed by atoms with van der Waals surface area (Å²) < 4.78 is 0. The van der Waals surface area contributed by atoms with E-state index < -0.39 is 0 Å². The molecule has 0 aliphatic carbocycles. The van der Waals surface area contributed by atoms with Crippen LogP contribution < -0.4 is 10.6 Å². The van der Waals surface area contributed by atoms with Gasteiger partial charge >= 0.3 is 0 Å². The molecule has 2 aliphatic rings. The minimum Gasteiger partial charge on any atom is -0.372 e. The van der Waals surface area contributed by atoms with Crippen molar-refractivity contribution in [2.24, 2.45) is 0 Å². The van der Waals surface area contributed by atoms with Crippen LogP contribution in [-0.4, -0.2) is 9.97 Å². The Kier molecular flexibility index (Phi) is 6.59. The van der Waals surface area contributed by atoms with E-state index in [4.69, 9.17) is 9.97 Å². The van der Waals surface area contributed by atoms with Crippen LogP contribution in [0.1, 0.15) is 34.3 Å². The summed E-state index contributed by atoms with van der Waals surface area (Å²) in [6, 6.07) is 51.6. The number of aromatic nitrogens is 2. The largest absolute Gasteiger partial charge is 0.372 e. The molecule has 6 aromatic carbocycles. The number of nitrogens with one attached hydrogen (secondary N) is 2. The molecule has 2 aromatic heterocycles. The zero-order valence-corrected chi connectivity index (χ0v) is 27.2. The number of rotatable bonds is 4. The molecule has 0 fully saturated rings. The molecule has 50 heavy (non-hydrogen) atoms. The molecular weight excluding hydrogens is 609 g/mol. The summed E-state index contributed by atoms with van der Waals surface area (Å²) >= 11 is 0. The first-order valence-electron chi connectivity index (χ1n) is 17.1. The number of anilines is 2. The molecule has 0 amide bonds. The molecule has 2 N–H and O–H groups in total. The van der Waals surface area contributed by atoms with Gasteiger partial charge in [-0.05, 0) is 57.3 Å². The number of hydrogen-bond donors (Lipinski definition) is 2. The van der Waals surface area contributed by atoms with Crippen LogP contribution in [0.2, 0.25) is 0 Å². The maximum Gasteiger partial charge on any atom is 0.0947 e. The molecule has 0 bridgehead atoms. The molecule has 0 saturated carbocycles. The van der Waals surface area contributed by atoms with Crippen molar-refractivity contribution >= 4 is 56.1 Å². The monoisotopic (exact) mass is 640 g/mol. The van der Waals surface area contributed by atoms with Crippen LogP contribution in [0.5, 0.6) is 0 Å². The Bertz CT molecular complexity index is 2480. The highest BCUT2D eigenvalue weighted by atomic mass is 15.0. The Hall–Kier alpha value is -6.52. The van der Waals surface area contributed by atoms with Crippen molar-refractivity contribution in [3.8, 4) is 22.5 Å². The van der Waals surface area contributed by atoms with Crippen molar-refractivity contribution in [3.63, 3.8) is 0 Å². The predicted molar refractivity (Wildman–Crippen MR) is 209 cm³/mol. The lowest BCUT2D eigenvalue weighted by Crippen LogP contribution is -2.13. The summed E-state index contributed by atoms with van der Waals surface area (Å²) in [4.78, 5) is 10.3. The topological polar surface area (TPSA) is 49.8 Å². The predicted octanol–water partition coefficient (Wildman–Crippen LogP) is 11.6. The molecule has 0 saturated heterocycles. The Morgan fingerprint density at radius 1 is 0.400 bits per heavy atom. The van der Waals surface area contributed by atoms with E-state index in [1.807, 2.05) is 12.1 Å². The fourth-order valence-electron chi connectivity index (χ4n) is 7.40. The van der Waals surface area contributed by atoms with Gasteiger partial charge in [0.2, 0.25) is 0 Å². The van der Waals surface area contributed by atoms with Gasteiger partial charge in [-0.25, -0.2) is 9.97 Å². The zero-order valence-electron chi connectivity index (χ0n) is 27.2. The van der Waals surface area contributed by atoms with Crippen LogP contribution in [0, 0.1) is 0 Å². The summed E-state index contributed by atoms with van der Waals surface area (Å²) in [5.74, 6) is 0. The van der Waals surface area contributed by atoms with E-state index in [9.17, 15) is 0 Å². The molecule has 4 heterocycles. The molecule has 10 rings (SSSR count). The standard InChI is InChI=1S/C46H32N4/c1-3-7-30(8-4-1)39-23-19-32-13-15-34-21-25-41(49-45(34)43(32)47-39)36-17-11-29-12-18-37(28-38(29)27-36)42-26-22-35-16-14-33-20-24-40(31-9-5-2-6-10-31)48-44(33)46(35)50-42/h1-28,41-42,49-50H. The van der Waals surface area contributed by atoms with E-state index in [2.05, 4.69) is 168 Å². The molecule has 4 heteroatoms. The normalized spacial score (nSPS) is 16.2. The van der Waals surface area contributed by atoms with Crippen LogP contribution in [0.4, 0.5) is 11.4 Å². The van der Waals surface area contributed by atoms with Gasteiger partial charge in [-0.2, -0.15) is 0 Å². The number of fused-ring (bicyclic) bond motifs is 7.